The van der Waals surface area contributed by atoms with Crippen LogP contribution in [0.2, 0.25) is 0 Å². The fraction of sp³-hybridized carbons (Fsp3) is 0.450. The van der Waals surface area contributed by atoms with Crippen LogP contribution in [0.15, 0.2) is 24.4 Å². The van der Waals surface area contributed by atoms with E-state index in [9.17, 15) is 18.4 Å². The molecule has 2 atom stereocenters. The summed E-state index contributed by atoms with van der Waals surface area (Å²) in [6.07, 6.45) is 4.28. The van der Waals surface area contributed by atoms with Crippen LogP contribution in [0.1, 0.15) is 29.7 Å². The van der Waals surface area contributed by atoms with E-state index in [-0.39, 0.29) is 24.9 Å². The summed E-state index contributed by atoms with van der Waals surface area (Å²) in [6.45, 7) is 1.02. The third-order valence-electron chi connectivity index (χ3n) is 5.14. The average molecular weight is 438 g/mol. The number of anilines is 1. The van der Waals surface area contributed by atoms with Gasteiger partial charge in [-0.15, -0.1) is 11.3 Å². The summed E-state index contributed by atoms with van der Waals surface area (Å²) >= 11 is 1.25. The molecule has 0 saturated carbocycles. The van der Waals surface area contributed by atoms with E-state index < -0.39 is 23.6 Å². The number of hydrogen-bond acceptors (Lipinski definition) is 6. The Kier molecular flexibility index (Phi) is 7.33. The van der Waals surface area contributed by atoms with E-state index in [0.717, 1.165) is 36.4 Å². The zero-order chi connectivity index (χ0) is 21.7. The van der Waals surface area contributed by atoms with E-state index in [2.05, 4.69) is 15.6 Å². The highest BCUT2D eigenvalue weighted by Crippen LogP contribution is 2.17. The first-order valence-corrected chi connectivity index (χ1v) is 10.6. The molecule has 0 bridgehead atoms. The van der Waals surface area contributed by atoms with Gasteiger partial charge in [-0.25, -0.2) is 13.8 Å². The Morgan fingerprint density at radius 3 is 2.80 bits per heavy atom. The number of likely N-dealkylation sites (tertiary alicyclic amines) is 1. The highest BCUT2D eigenvalue weighted by atomic mass is 32.1. The normalized spacial score (nSPS) is 18.0. The Morgan fingerprint density at radius 1 is 1.33 bits per heavy atom. The number of piperidine rings is 1. The Hall–Kier alpha value is -2.59. The molecule has 162 valence electrons. The summed E-state index contributed by atoms with van der Waals surface area (Å²) < 4.78 is 26.9. The lowest BCUT2D eigenvalue weighted by Gasteiger charge is -2.32. The minimum absolute atomic E-state index is 0.0377. The number of aromatic nitrogens is 1. The first-order valence-electron chi connectivity index (χ1n) is 9.76. The number of hydrogen-bond donors (Lipinski definition) is 3. The van der Waals surface area contributed by atoms with Crippen LogP contribution in [0.4, 0.5) is 13.9 Å². The molecule has 1 aromatic heterocycles. The van der Waals surface area contributed by atoms with Gasteiger partial charge in [0.1, 0.15) is 6.04 Å². The van der Waals surface area contributed by atoms with Crippen LogP contribution in [-0.4, -0.2) is 47.4 Å². The van der Waals surface area contributed by atoms with Crippen LogP contribution < -0.4 is 16.4 Å². The fourth-order valence-electron chi connectivity index (χ4n) is 3.49. The van der Waals surface area contributed by atoms with Gasteiger partial charge in [0.25, 0.3) is 0 Å². The van der Waals surface area contributed by atoms with E-state index in [1.165, 1.54) is 17.4 Å². The molecule has 2 amide bonds. The number of amides is 2. The number of nitrogens with zero attached hydrogens (tertiary/aromatic N) is 2. The monoisotopic (exact) mass is 437 g/mol. The number of thiazole rings is 1. The molecule has 1 saturated heterocycles. The van der Waals surface area contributed by atoms with Crippen molar-refractivity contribution >= 4 is 28.3 Å². The number of carbonyl (C=O) groups is 2. The van der Waals surface area contributed by atoms with Gasteiger partial charge in [0.2, 0.25) is 11.8 Å². The van der Waals surface area contributed by atoms with Gasteiger partial charge in [0.05, 0.1) is 12.6 Å². The molecule has 3 rings (SSSR count). The third-order valence-corrected chi connectivity index (χ3v) is 5.96. The predicted octanol–water partition coefficient (Wildman–Crippen LogP) is 1.83. The van der Waals surface area contributed by atoms with Crippen LogP contribution in [0.5, 0.6) is 0 Å². The van der Waals surface area contributed by atoms with Gasteiger partial charge in [-0.1, -0.05) is 12.5 Å². The topological polar surface area (TPSA) is 100 Å². The number of benzene rings is 1. The van der Waals surface area contributed by atoms with E-state index >= 15 is 0 Å². The van der Waals surface area contributed by atoms with Crippen molar-refractivity contribution < 1.29 is 18.4 Å². The highest BCUT2D eigenvalue weighted by molar-refractivity contribution is 7.15. The van der Waals surface area contributed by atoms with Gasteiger partial charge >= 0.3 is 0 Å². The lowest BCUT2D eigenvalue weighted by Crippen LogP contribution is -2.54. The summed E-state index contributed by atoms with van der Waals surface area (Å²) in [6, 6.07) is 2.21. The molecule has 10 heteroatoms. The molecular formula is C20H25F2N5O2S. The smallest absolute Gasteiger partial charge is 0.243 e. The van der Waals surface area contributed by atoms with Crippen molar-refractivity contribution in [1.82, 2.24) is 20.5 Å². The van der Waals surface area contributed by atoms with E-state index in [0.29, 0.717) is 17.1 Å². The molecule has 2 aromatic rings. The zero-order valence-electron chi connectivity index (χ0n) is 16.7. The molecule has 4 N–H and O–H groups in total. The molecule has 0 unspecified atom stereocenters. The number of carbonyl (C=O) groups excluding carboxylic acids is 2. The second-order valence-corrected chi connectivity index (χ2v) is 8.54. The maximum Gasteiger partial charge on any atom is 0.243 e. The van der Waals surface area contributed by atoms with Gasteiger partial charge in [-0.3, -0.25) is 14.5 Å². The lowest BCUT2D eigenvalue weighted by molar-refractivity contribution is -0.132. The maximum absolute atomic E-state index is 13.6. The summed E-state index contributed by atoms with van der Waals surface area (Å²) in [5, 5.41) is 5.95. The highest BCUT2D eigenvalue weighted by Gasteiger charge is 2.30. The Balaban J connectivity index is 1.71. The van der Waals surface area contributed by atoms with Crippen molar-refractivity contribution in [2.24, 2.45) is 0 Å². The molecule has 0 radical (unpaired) electrons. The molecular weight excluding hydrogens is 412 g/mol. The standard InChI is InChI=1S/C20H25F2N5O2S/c1-27-7-3-2-4-17(27)19(29)26-16(9-12-5-6-14(21)15(22)8-12)18(28)24-10-13-11-25-20(23)30-13/h5-6,8,11,16-17H,2-4,7,9-10H2,1H3,(H2,23,25)(H,24,28)(H,26,29)/t16-,17+/m0/s1. The van der Waals surface area contributed by atoms with Crippen LogP contribution in [-0.2, 0) is 22.6 Å². The van der Waals surface area contributed by atoms with Gasteiger partial charge in [-0.05, 0) is 44.1 Å². The van der Waals surface area contributed by atoms with Crippen molar-refractivity contribution in [3.8, 4) is 0 Å². The van der Waals surface area contributed by atoms with Gasteiger partial charge in [0, 0.05) is 17.5 Å². The second kappa shape index (κ2) is 9.94. The summed E-state index contributed by atoms with van der Waals surface area (Å²) in [4.78, 5) is 32.3. The van der Waals surface area contributed by atoms with Crippen LogP contribution >= 0.6 is 11.3 Å². The third kappa shape index (κ3) is 5.73. The largest absolute Gasteiger partial charge is 0.375 e. The minimum atomic E-state index is -0.995. The quantitative estimate of drug-likeness (QED) is 0.614. The fourth-order valence-corrected chi connectivity index (χ4v) is 4.11. The molecule has 2 heterocycles. The van der Waals surface area contributed by atoms with Gasteiger partial charge in [0.15, 0.2) is 16.8 Å². The van der Waals surface area contributed by atoms with Crippen molar-refractivity contribution in [2.45, 2.75) is 44.3 Å². The van der Waals surface area contributed by atoms with Gasteiger partial charge in [-0.2, -0.15) is 0 Å². The maximum atomic E-state index is 13.6. The summed E-state index contributed by atoms with van der Waals surface area (Å²) in [5.74, 6) is -2.62. The van der Waals surface area contributed by atoms with Crippen molar-refractivity contribution in [2.75, 3.05) is 19.3 Å². The average Bonchev–Trinajstić information content (AvgIpc) is 3.14. The molecule has 7 nitrogen and oxygen atoms in total. The number of rotatable bonds is 7. The summed E-state index contributed by atoms with van der Waals surface area (Å²) in [7, 11) is 1.88. The number of halogens is 2. The molecule has 1 aliphatic heterocycles. The molecule has 0 aliphatic carbocycles. The van der Waals surface area contributed by atoms with Crippen molar-refractivity contribution in [1.29, 1.82) is 0 Å². The second-order valence-electron chi connectivity index (χ2n) is 7.39. The Bertz CT molecular complexity index is 907. The predicted molar refractivity (Wildman–Crippen MR) is 111 cm³/mol. The van der Waals surface area contributed by atoms with Crippen molar-refractivity contribution in [3.05, 3.63) is 46.5 Å². The summed E-state index contributed by atoms with van der Waals surface area (Å²) in [5.41, 5.74) is 6.01. The first kappa shape index (κ1) is 22.1. The molecule has 1 fully saturated rings. The number of nitrogen functional groups attached to an aromatic ring is 1. The van der Waals surface area contributed by atoms with Crippen molar-refractivity contribution in [3.63, 3.8) is 0 Å². The van der Waals surface area contributed by atoms with E-state index in [4.69, 9.17) is 5.73 Å². The first-order chi connectivity index (χ1) is 14.3. The number of nitrogens with one attached hydrogen (secondary N) is 2. The van der Waals surface area contributed by atoms with E-state index in [1.807, 2.05) is 11.9 Å². The minimum Gasteiger partial charge on any atom is -0.375 e. The number of nitrogens with two attached hydrogens (primary N) is 1. The lowest BCUT2D eigenvalue weighted by atomic mass is 10.0. The number of likely N-dealkylation sites (N-methyl/N-ethyl adjacent to an activating group) is 1. The molecule has 30 heavy (non-hydrogen) atoms. The Labute approximate surface area is 177 Å². The molecule has 1 aromatic carbocycles. The van der Waals surface area contributed by atoms with E-state index in [1.54, 1.807) is 6.20 Å². The zero-order valence-corrected chi connectivity index (χ0v) is 17.5. The van der Waals surface area contributed by atoms with Gasteiger partial charge < -0.3 is 16.4 Å². The molecule has 0 spiro atoms. The molecule has 1 aliphatic rings. The van der Waals surface area contributed by atoms with Crippen LogP contribution in [0.3, 0.4) is 0 Å². The van der Waals surface area contributed by atoms with Crippen LogP contribution in [0.25, 0.3) is 0 Å². The van der Waals surface area contributed by atoms with Crippen LogP contribution in [0, 0.1) is 11.6 Å². The Morgan fingerprint density at radius 2 is 2.13 bits per heavy atom. The SMILES string of the molecule is CN1CCCC[C@@H]1C(=O)N[C@@H](Cc1ccc(F)c(F)c1)C(=O)NCc1cnc(N)s1.